The number of hydrogen-bond donors (Lipinski definition) is 0. The quantitative estimate of drug-likeness (QED) is 0.411. The summed E-state index contributed by atoms with van der Waals surface area (Å²) in [6, 6.07) is 21.4. The highest BCUT2D eigenvalue weighted by atomic mass is 35.5. The van der Waals surface area contributed by atoms with Gasteiger partial charge in [0.15, 0.2) is 0 Å². The third-order valence-electron chi connectivity index (χ3n) is 5.77. The number of aromatic nitrogens is 2. The number of hydrogen-bond acceptors (Lipinski definition) is 3. The molecule has 1 atom stereocenters. The van der Waals surface area contributed by atoms with Gasteiger partial charge in [-0.3, -0.25) is 14.2 Å². The molecule has 1 unspecified atom stereocenters. The fraction of sp³-hybridized carbons (Fsp3) is 0.192. The highest BCUT2D eigenvalue weighted by Gasteiger charge is 2.25. The first kappa shape index (κ1) is 21.8. The second-order valence-electron chi connectivity index (χ2n) is 7.75. The first-order chi connectivity index (χ1) is 15.4. The molecule has 1 heterocycles. The molecule has 0 bridgehead atoms. The summed E-state index contributed by atoms with van der Waals surface area (Å²) in [6.07, 6.45) is 0.912. The van der Waals surface area contributed by atoms with Gasteiger partial charge in [0.05, 0.1) is 22.6 Å². The van der Waals surface area contributed by atoms with Crippen LogP contribution in [0.25, 0.3) is 16.6 Å². The van der Waals surface area contributed by atoms with Crippen molar-refractivity contribution in [1.82, 2.24) is 14.5 Å². The van der Waals surface area contributed by atoms with Crippen molar-refractivity contribution in [3.8, 4) is 5.69 Å². The summed E-state index contributed by atoms with van der Waals surface area (Å²) in [5.74, 6) is 0.349. The first-order valence-corrected chi connectivity index (χ1v) is 10.9. The monoisotopic (exact) mass is 445 g/mol. The summed E-state index contributed by atoms with van der Waals surface area (Å²) in [5, 5.41) is 1.09. The molecule has 5 nitrogen and oxygen atoms in total. The van der Waals surface area contributed by atoms with Crippen LogP contribution in [0.5, 0.6) is 0 Å². The van der Waals surface area contributed by atoms with Gasteiger partial charge in [0.2, 0.25) is 0 Å². The smallest absolute Gasteiger partial charge is 0.266 e. The molecule has 0 saturated carbocycles. The molecule has 0 aliphatic heterocycles. The highest BCUT2D eigenvalue weighted by Crippen LogP contribution is 2.24. The lowest BCUT2D eigenvalue weighted by atomic mass is 10.1. The molecule has 0 aliphatic carbocycles. The molecule has 0 radical (unpaired) electrons. The third kappa shape index (κ3) is 4.04. The zero-order chi connectivity index (χ0) is 22.8. The second-order valence-corrected chi connectivity index (χ2v) is 8.18. The van der Waals surface area contributed by atoms with Crippen LogP contribution in [0.1, 0.15) is 41.6 Å². The van der Waals surface area contributed by atoms with E-state index in [1.165, 1.54) is 5.56 Å². The molecular weight excluding hydrogens is 422 g/mol. The Morgan fingerprint density at radius 3 is 2.34 bits per heavy atom. The Bertz CT molecular complexity index is 1330. The van der Waals surface area contributed by atoms with Crippen molar-refractivity contribution in [1.29, 1.82) is 0 Å². The highest BCUT2D eigenvalue weighted by molar-refractivity contribution is 6.30. The zero-order valence-electron chi connectivity index (χ0n) is 18.2. The van der Waals surface area contributed by atoms with Crippen molar-refractivity contribution in [3.05, 3.63) is 105 Å². The van der Waals surface area contributed by atoms with E-state index < -0.39 is 6.04 Å². The fourth-order valence-electron chi connectivity index (χ4n) is 3.71. The molecule has 0 fully saturated rings. The molecule has 4 aromatic rings. The zero-order valence-corrected chi connectivity index (χ0v) is 19.0. The molecule has 6 heteroatoms. The maximum absolute atomic E-state index is 13.5. The number of amides is 1. The summed E-state index contributed by atoms with van der Waals surface area (Å²) in [6.45, 7) is 3.95. The molecule has 0 N–H and O–H groups in total. The summed E-state index contributed by atoms with van der Waals surface area (Å²) < 4.78 is 1.56. The molecule has 162 valence electrons. The van der Waals surface area contributed by atoms with Crippen molar-refractivity contribution >= 4 is 28.4 Å². The number of para-hydroxylation sites is 1. The number of aryl methyl sites for hydroxylation is 1. The van der Waals surface area contributed by atoms with Gasteiger partial charge in [-0.25, -0.2) is 4.98 Å². The second kappa shape index (κ2) is 8.97. The molecule has 0 saturated heterocycles. The third-order valence-corrected chi connectivity index (χ3v) is 6.02. The Morgan fingerprint density at radius 1 is 1.03 bits per heavy atom. The summed E-state index contributed by atoms with van der Waals surface area (Å²) in [5.41, 5.74) is 2.82. The average Bonchev–Trinajstić information content (AvgIpc) is 2.83. The lowest BCUT2D eigenvalue weighted by molar-refractivity contribution is 0.0735. The van der Waals surface area contributed by atoms with Gasteiger partial charge in [-0.1, -0.05) is 42.8 Å². The Labute approximate surface area is 191 Å². The molecular formula is C26H24ClN3O2. The van der Waals surface area contributed by atoms with E-state index in [9.17, 15) is 9.59 Å². The summed E-state index contributed by atoms with van der Waals surface area (Å²) >= 11 is 6.06. The fourth-order valence-corrected chi connectivity index (χ4v) is 3.83. The number of carbonyl (C=O) groups is 1. The van der Waals surface area contributed by atoms with Crippen LogP contribution < -0.4 is 5.56 Å². The number of fused-ring (bicyclic) bond motifs is 1. The predicted molar refractivity (Wildman–Crippen MR) is 129 cm³/mol. The minimum Gasteiger partial charge on any atom is -0.332 e. The van der Waals surface area contributed by atoms with Crippen molar-refractivity contribution in [2.45, 2.75) is 26.3 Å². The lowest BCUT2D eigenvalue weighted by Gasteiger charge is -2.27. The number of nitrogens with zero attached hydrogens (tertiary/aromatic N) is 3. The van der Waals surface area contributed by atoms with Crippen LogP contribution in [0.2, 0.25) is 5.02 Å². The minimum atomic E-state index is -0.457. The van der Waals surface area contributed by atoms with Gasteiger partial charge in [-0.15, -0.1) is 0 Å². The van der Waals surface area contributed by atoms with Gasteiger partial charge in [0.1, 0.15) is 5.82 Å². The van der Waals surface area contributed by atoms with Crippen molar-refractivity contribution < 1.29 is 4.79 Å². The molecule has 0 aliphatic rings. The standard InChI is InChI=1S/C26H24ClN3O2/c1-4-18-9-11-19(12-10-18)25(31)29(3)17(2)24-28-23-8-6-5-7-22(23)26(32)30(24)21-15-13-20(27)14-16-21/h5-17H,4H2,1-3H3. The maximum Gasteiger partial charge on any atom is 0.266 e. The molecule has 1 aromatic heterocycles. The number of halogens is 1. The van der Waals surface area contributed by atoms with Crippen LogP contribution in [0.4, 0.5) is 0 Å². The van der Waals surface area contributed by atoms with Crippen LogP contribution in [0.15, 0.2) is 77.6 Å². The predicted octanol–water partition coefficient (Wildman–Crippen LogP) is 5.43. The van der Waals surface area contributed by atoms with E-state index in [4.69, 9.17) is 16.6 Å². The van der Waals surface area contributed by atoms with E-state index in [0.29, 0.717) is 33.0 Å². The van der Waals surface area contributed by atoms with E-state index >= 15 is 0 Å². The summed E-state index contributed by atoms with van der Waals surface area (Å²) in [4.78, 5) is 33.1. The van der Waals surface area contributed by atoms with Gasteiger partial charge in [-0.2, -0.15) is 0 Å². The van der Waals surface area contributed by atoms with Gasteiger partial charge in [0.25, 0.3) is 11.5 Å². The Kier molecular flexibility index (Phi) is 6.10. The normalized spacial score (nSPS) is 12.0. The van der Waals surface area contributed by atoms with Gasteiger partial charge in [-0.05, 0) is 67.4 Å². The molecule has 32 heavy (non-hydrogen) atoms. The molecule has 1 amide bonds. The molecule has 0 spiro atoms. The van der Waals surface area contributed by atoms with E-state index in [-0.39, 0.29) is 11.5 Å². The van der Waals surface area contributed by atoms with Crippen molar-refractivity contribution in [2.24, 2.45) is 0 Å². The molecule has 4 rings (SSSR count). The Morgan fingerprint density at radius 2 is 1.69 bits per heavy atom. The van der Waals surface area contributed by atoms with Crippen LogP contribution in [0, 0.1) is 0 Å². The van der Waals surface area contributed by atoms with E-state index in [1.54, 1.807) is 46.8 Å². The largest absolute Gasteiger partial charge is 0.332 e. The molecule has 3 aromatic carbocycles. The van der Waals surface area contributed by atoms with Crippen LogP contribution in [-0.2, 0) is 6.42 Å². The topological polar surface area (TPSA) is 55.2 Å². The number of benzene rings is 3. The summed E-state index contributed by atoms with van der Waals surface area (Å²) in [7, 11) is 1.73. The van der Waals surface area contributed by atoms with Crippen LogP contribution in [0.3, 0.4) is 0 Å². The Hall–Kier alpha value is -3.44. The maximum atomic E-state index is 13.5. The van der Waals surface area contributed by atoms with Gasteiger partial charge < -0.3 is 4.90 Å². The minimum absolute atomic E-state index is 0.134. The van der Waals surface area contributed by atoms with Crippen molar-refractivity contribution in [3.63, 3.8) is 0 Å². The average molecular weight is 446 g/mol. The van der Waals surface area contributed by atoms with E-state index in [1.807, 2.05) is 49.4 Å². The van der Waals surface area contributed by atoms with E-state index in [2.05, 4.69) is 6.92 Å². The number of carbonyl (C=O) groups excluding carboxylic acids is 1. The van der Waals surface area contributed by atoms with Gasteiger partial charge in [0, 0.05) is 17.6 Å². The lowest BCUT2D eigenvalue weighted by Crippen LogP contribution is -2.34. The van der Waals surface area contributed by atoms with Crippen molar-refractivity contribution in [2.75, 3.05) is 7.05 Å². The number of rotatable bonds is 5. The van der Waals surface area contributed by atoms with Crippen LogP contribution in [-0.4, -0.2) is 27.4 Å². The van der Waals surface area contributed by atoms with Gasteiger partial charge >= 0.3 is 0 Å². The van der Waals surface area contributed by atoms with Crippen LogP contribution >= 0.6 is 11.6 Å². The SMILES string of the molecule is CCc1ccc(C(=O)N(C)C(C)c2nc3ccccc3c(=O)n2-c2ccc(Cl)cc2)cc1. The van der Waals surface area contributed by atoms with E-state index in [0.717, 1.165) is 6.42 Å². The first-order valence-electron chi connectivity index (χ1n) is 10.5. The Balaban J connectivity index is 1.82.